The molecule has 25 heavy (non-hydrogen) atoms. The number of anilines is 1. The highest BCUT2D eigenvalue weighted by molar-refractivity contribution is 6.33. The van der Waals surface area contributed by atoms with Crippen molar-refractivity contribution in [3.05, 3.63) is 64.7 Å². The van der Waals surface area contributed by atoms with Gasteiger partial charge in [0, 0.05) is 28.3 Å². The van der Waals surface area contributed by atoms with Gasteiger partial charge in [0.15, 0.2) is 0 Å². The first-order valence-corrected chi connectivity index (χ1v) is 8.46. The Morgan fingerprint density at radius 2 is 1.84 bits per heavy atom. The Hall–Kier alpha value is -2.66. The normalized spacial score (nSPS) is 10.6. The van der Waals surface area contributed by atoms with Gasteiger partial charge in [0.05, 0.1) is 6.21 Å². The molecule has 0 heterocycles. The second kappa shape index (κ2) is 9.59. The molecule has 2 amide bonds. The minimum Gasteiger partial charge on any atom is -0.326 e. The van der Waals surface area contributed by atoms with Gasteiger partial charge in [-0.2, -0.15) is 5.10 Å². The van der Waals surface area contributed by atoms with Crippen LogP contribution in [0.4, 0.5) is 5.69 Å². The fourth-order valence-corrected chi connectivity index (χ4v) is 2.26. The summed E-state index contributed by atoms with van der Waals surface area (Å²) in [5.74, 6) is -0.365. The van der Waals surface area contributed by atoms with Gasteiger partial charge in [-0.15, -0.1) is 0 Å². The minimum absolute atomic E-state index is 0.0246. The van der Waals surface area contributed by atoms with Crippen LogP contribution in [0.3, 0.4) is 0 Å². The molecule has 0 unspecified atom stereocenters. The van der Waals surface area contributed by atoms with E-state index in [2.05, 4.69) is 15.8 Å². The van der Waals surface area contributed by atoms with Crippen LogP contribution in [-0.2, 0) is 4.79 Å². The van der Waals surface area contributed by atoms with Gasteiger partial charge in [-0.25, -0.2) is 5.43 Å². The largest absolute Gasteiger partial charge is 0.326 e. The molecule has 6 heteroatoms. The SMILES string of the molecule is CCCCC(=O)Nc1ccc(C(=O)NN=Cc2ccccc2Cl)cc1. The van der Waals surface area contributed by atoms with Crippen LogP contribution in [0.15, 0.2) is 53.6 Å². The van der Waals surface area contributed by atoms with Gasteiger partial charge in [0.25, 0.3) is 5.91 Å². The molecular formula is C19H20ClN3O2. The third kappa shape index (κ3) is 6.04. The van der Waals surface area contributed by atoms with Crippen LogP contribution in [0, 0.1) is 0 Å². The summed E-state index contributed by atoms with van der Waals surface area (Å²) in [5.41, 5.74) is 4.28. The van der Waals surface area contributed by atoms with Crippen molar-refractivity contribution >= 4 is 35.3 Å². The van der Waals surface area contributed by atoms with Crippen molar-refractivity contribution < 1.29 is 9.59 Å². The Kier molecular flexibility index (Phi) is 7.16. The molecule has 2 N–H and O–H groups in total. The molecule has 2 aromatic carbocycles. The van der Waals surface area contributed by atoms with Crippen molar-refractivity contribution in [3.8, 4) is 0 Å². The molecule has 0 aliphatic heterocycles. The van der Waals surface area contributed by atoms with E-state index in [1.165, 1.54) is 6.21 Å². The molecule has 0 spiro atoms. The molecule has 0 fully saturated rings. The van der Waals surface area contributed by atoms with Crippen molar-refractivity contribution in [1.29, 1.82) is 0 Å². The lowest BCUT2D eigenvalue weighted by atomic mass is 10.2. The zero-order valence-corrected chi connectivity index (χ0v) is 14.7. The van der Waals surface area contributed by atoms with Crippen molar-refractivity contribution in [1.82, 2.24) is 5.43 Å². The summed E-state index contributed by atoms with van der Waals surface area (Å²) >= 11 is 6.01. The Balaban J connectivity index is 1.90. The van der Waals surface area contributed by atoms with Crippen LogP contribution in [0.25, 0.3) is 0 Å². The van der Waals surface area contributed by atoms with Crippen LogP contribution in [0.5, 0.6) is 0 Å². The van der Waals surface area contributed by atoms with E-state index in [9.17, 15) is 9.59 Å². The van der Waals surface area contributed by atoms with Crippen LogP contribution in [0.2, 0.25) is 5.02 Å². The van der Waals surface area contributed by atoms with Gasteiger partial charge in [0.2, 0.25) is 5.91 Å². The first-order chi connectivity index (χ1) is 12.1. The maximum atomic E-state index is 12.0. The number of nitrogens with one attached hydrogen (secondary N) is 2. The fraction of sp³-hybridized carbons (Fsp3) is 0.211. The summed E-state index contributed by atoms with van der Waals surface area (Å²) in [4.78, 5) is 23.7. The van der Waals surface area contributed by atoms with Gasteiger partial charge in [-0.05, 0) is 36.8 Å². The van der Waals surface area contributed by atoms with Crippen LogP contribution < -0.4 is 10.7 Å². The molecule has 0 saturated carbocycles. The lowest BCUT2D eigenvalue weighted by Gasteiger charge is -2.06. The first kappa shape index (κ1) is 18.7. The third-order valence-corrected chi connectivity index (χ3v) is 3.81. The lowest BCUT2D eigenvalue weighted by molar-refractivity contribution is -0.116. The van der Waals surface area contributed by atoms with Gasteiger partial charge in [0.1, 0.15) is 0 Å². The van der Waals surface area contributed by atoms with E-state index in [1.807, 2.05) is 19.1 Å². The quantitative estimate of drug-likeness (QED) is 0.575. The topological polar surface area (TPSA) is 70.6 Å². The summed E-state index contributed by atoms with van der Waals surface area (Å²) in [6.45, 7) is 2.04. The Morgan fingerprint density at radius 3 is 2.52 bits per heavy atom. The monoisotopic (exact) mass is 357 g/mol. The second-order valence-electron chi connectivity index (χ2n) is 5.45. The van der Waals surface area contributed by atoms with E-state index in [1.54, 1.807) is 36.4 Å². The summed E-state index contributed by atoms with van der Waals surface area (Å²) in [7, 11) is 0. The van der Waals surface area contributed by atoms with E-state index >= 15 is 0 Å². The van der Waals surface area contributed by atoms with Crippen LogP contribution in [-0.4, -0.2) is 18.0 Å². The van der Waals surface area contributed by atoms with Gasteiger partial charge in [-0.3, -0.25) is 9.59 Å². The standard InChI is InChI=1S/C19H20ClN3O2/c1-2-3-8-18(24)22-16-11-9-14(10-12-16)19(25)23-21-13-15-6-4-5-7-17(15)20/h4-7,9-13H,2-3,8H2,1H3,(H,22,24)(H,23,25). The number of nitrogens with zero attached hydrogens (tertiary/aromatic N) is 1. The second-order valence-corrected chi connectivity index (χ2v) is 5.86. The number of unbranched alkanes of at least 4 members (excludes halogenated alkanes) is 1. The zero-order valence-electron chi connectivity index (χ0n) is 14.0. The van der Waals surface area contributed by atoms with Gasteiger partial charge >= 0.3 is 0 Å². The molecule has 0 aromatic heterocycles. The lowest BCUT2D eigenvalue weighted by Crippen LogP contribution is -2.17. The maximum absolute atomic E-state index is 12.0. The number of carbonyl (C=O) groups excluding carboxylic acids is 2. The summed E-state index contributed by atoms with van der Waals surface area (Å²) < 4.78 is 0. The average molecular weight is 358 g/mol. The molecule has 0 atom stereocenters. The number of halogens is 1. The predicted octanol–water partition coefficient (Wildman–Crippen LogP) is 4.23. The highest BCUT2D eigenvalue weighted by atomic mass is 35.5. The number of hydrogen-bond acceptors (Lipinski definition) is 3. The highest BCUT2D eigenvalue weighted by Gasteiger charge is 2.06. The summed E-state index contributed by atoms with van der Waals surface area (Å²) in [6.07, 6.45) is 3.81. The minimum atomic E-state index is -0.341. The van der Waals surface area contributed by atoms with Crippen molar-refractivity contribution in [3.63, 3.8) is 0 Å². The Morgan fingerprint density at radius 1 is 1.12 bits per heavy atom. The maximum Gasteiger partial charge on any atom is 0.271 e. The number of amides is 2. The van der Waals surface area contributed by atoms with Crippen molar-refractivity contribution in [2.45, 2.75) is 26.2 Å². The number of carbonyl (C=O) groups is 2. The predicted molar refractivity (Wildman–Crippen MR) is 101 cm³/mol. The Bertz CT molecular complexity index is 758. The molecule has 0 radical (unpaired) electrons. The molecular weight excluding hydrogens is 338 g/mol. The summed E-state index contributed by atoms with van der Waals surface area (Å²) in [6, 6.07) is 13.9. The third-order valence-electron chi connectivity index (χ3n) is 3.46. The van der Waals surface area contributed by atoms with E-state index in [0.717, 1.165) is 18.4 Å². The fourth-order valence-electron chi connectivity index (χ4n) is 2.07. The van der Waals surface area contributed by atoms with Gasteiger partial charge < -0.3 is 5.32 Å². The first-order valence-electron chi connectivity index (χ1n) is 8.08. The molecule has 0 saturated heterocycles. The highest BCUT2D eigenvalue weighted by Crippen LogP contribution is 2.13. The number of hydrogen-bond donors (Lipinski definition) is 2. The van der Waals surface area contributed by atoms with Crippen LogP contribution >= 0.6 is 11.6 Å². The van der Waals surface area contributed by atoms with Crippen LogP contribution in [0.1, 0.15) is 42.1 Å². The summed E-state index contributed by atoms with van der Waals surface area (Å²) in [5, 5.41) is 7.26. The van der Waals surface area contributed by atoms with E-state index in [-0.39, 0.29) is 11.8 Å². The van der Waals surface area contributed by atoms with E-state index < -0.39 is 0 Å². The number of rotatable bonds is 7. The molecule has 0 aliphatic carbocycles. The van der Waals surface area contributed by atoms with E-state index in [0.29, 0.717) is 22.7 Å². The van der Waals surface area contributed by atoms with Crippen molar-refractivity contribution in [2.24, 2.45) is 5.10 Å². The smallest absolute Gasteiger partial charge is 0.271 e. The number of hydrazone groups is 1. The zero-order chi connectivity index (χ0) is 18.1. The molecule has 5 nitrogen and oxygen atoms in total. The molecule has 2 aromatic rings. The van der Waals surface area contributed by atoms with E-state index in [4.69, 9.17) is 11.6 Å². The Labute approximate surface area is 152 Å². The molecule has 0 aliphatic rings. The molecule has 130 valence electrons. The van der Waals surface area contributed by atoms with Gasteiger partial charge in [-0.1, -0.05) is 43.1 Å². The van der Waals surface area contributed by atoms with Crippen molar-refractivity contribution in [2.75, 3.05) is 5.32 Å². The average Bonchev–Trinajstić information content (AvgIpc) is 2.62. The molecule has 2 rings (SSSR count). The molecule has 0 bridgehead atoms. The number of benzene rings is 2.